The van der Waals surface area contributed by atoms with E-state index in [1.54, 1.807) is 0 Å². The molecule has 0 fully saturated rings. The van der Waals surface area contributed by atoms with Crippen LogP contribution in [0.1, 0.15) is 29.8 Å². The molecule has 1 aromatic carbocycles. The van der Waals surface area contributed by atoms with Crippen LogP contribution in [0, 0.1) is 0 Å². The Morgan fingerprint density at radius 3 is 2.47 bits per heavy atom. The van der Waals surface area contributed by atoms with Crippen LogP contribution in [0.2, 0.25) is 0 Å². The zero-order chi connectivity index (χ0) is 14.5. The van der Waals surface area contributed by atoms with Gasteiger partial charge >= 0.3 is 6.18 Å². The van der Waals surface area contributed by atoms with Gasteiger partial charge in [-0.2, -0.15) is 13.2 Å². The quantitative estimate of drug-likeness (QED) is 0.590. The van der Waals surface area contributed by atoms with E-state index in [1.807, 2.05) is 13.8 Å². The predicted molar refractivity (Wildman–Crippen MR) is 63.4 cm³/mol. The van der Waals surface area contributed by atoms with Gasteiger partial charge in [-0.05, 0) is 32.0 Å². The summed E-state index contributed by atoms with van der Waals surface area (Å²) < 4.78 is 48.4. The van der Waals surface area contributed by atoms with E-state index in [1.165, 1.54) is 6.07 Å². The minimum atomic E-state index is -4.58. The molecule has 3 nitrogen and oxygen atoms in total. The molecule has 0 aromatic heterocycles. The van der Waals surface area contributed by atoms with E-state index in [2.05, 4.69) is 0 Å². The fraction of sp³-hybridized carbons (Fsp3) is 0.462. The molecule has 0 radical (unpaired) electrons. The molecule has 0 bridgehead atoms. The molecule has 0 amide bonds. The minimum Gasteiger partial charge on any atom is -0.491 e. The number of alkyl halides is 3. The lowest BCUT2D eigenvalue weighted by molar-refractivity contribution is -0.137. The third-order valence-corrected chi connectivity index (χ3v) is 2.26. The summed E-state index contributed by atoms with van der Waals surface area (Å²) >= 11 is 0. The van der Waals surface area contributed by atoms with Crippen molar-refractivity contribution in [2.24, 2.45) is 0 Å². The fourth-order valence-corrected chi connectivity index (χ4v) is 1.42. The number of halogens is 3. The Morgan fingerprint density at radius 1 is 1.26 bits per heavy atom. The first-order valence-corrected chi connectivity index (χ1v) is 5.75. The first-order chi connectivity index (χ1) is 8.84. The minimum absolute atomic E-state index is 0.0341. The van der Waals surface area contributed by atoms with Gasteiger partial charge in [-0.25, -0.2) is 0 Å². The lowest BCUT2D eigenvalue weighted by Gasteiger charge is -2.13. The summed E-state index contributed by atoms with van der Waals surface area (Å²) in [6.45, 7) is 4.13. The van der Waals surface area contributed by atoms with Gasteiger partial charge in [0.15, 0.2) is 6.29 Å². The smallest absolute Gasteiger partial charge is 0.417 e. The van der Waals surface area contributed by atoms with Crippen LogP contribution in [0.15, 0.2) is 18.2 Å². The van der Waals surface area contributed by atoms with Gasteiger partial charge in [0, 0.05) is 5.56 Å². The molecular formula is C13H15F3O3. The van der Waals surface area contributed by atoms with E-state index in [0.717, 1.165) is 12.1 Å². The zero-order valence-electron chi connectivity index (χ0n) is 10.7. The average molecular weight is 276 g/mol. The molecule has 6 heteroatoms. The van der Waals surface area contributed by atoms with Crippen LogP contribution in [-0.2, 0) is 10.9 Å². The third-order valence-electron chi connectivity index (χ3n) is 2.26. The molecule has 0 saturated carbocycles. The maximum absolute atomic E-state index is 12.7. The molecule has 0 spiro atoms. The summed E-state index contributed by atoms with van der Waals surface area (Å²) in [6, 6.07) is 3.24. The average Bonchev–Trinajstić information content (AvgIpc) is 2.33. The van der Waals surface area contributed by atoms with Crippen molar-refractivity contribution in [3.8, 4) is 5.75 Å². The highest BCUT2D eigenvalue weighted by molar-refractivity contribution is 5.78. The van der Waals surface area contributed by atoms with Crippen molar-refractivity contribution in [1.29, 1.82) is 0 Å². The number of hydrogen-bond acceptors (Lipinski definition) is 3. The maximum Gasteiger partial charge on any atom is 0.417 e. The number of hydrogen-bond donors (Lipinski definition) is 0. The van der Waals surface area contributed by atoms with E-state index in [-0.39, 0.29) is 31.4 Å². The van der Waals surface area contributed by atoms with Crippen molar-refractivity contribution in [2.75, 3.05) is 13.2 Å². The topological polar surface area (TPSA) is 35.5 Å². The summed E-state index contributed by atoms with van der Waals surface area (Å²) in [4.78, 5) is 10.6. The molecule has 0 unspecified atom stereocenters. The van der Waals surface area contributed by atoms with Crippen molar-refractivity contribution < 1.29 is 27.4 Å². The van der Waals surface area contributed by atoms with E-state index in [0.29, 0.717) is 0 Å². The second-order valence-corrected chi connectivity index (χ2v) is 4.13. The third kappa shape index (κ3) is 4.90. The highest BCUT2D eigenvalue weighted by Crippen LogP contribution is 2.33. The van der Waals surface area contributed by atoms with Crippen LogP contribution >= 0.6 is 0 Å². The van der Waals surface area contributed by atoms with Crippen LogP contribution in [0.4, 0.5) is 13.2 Å². The standard InChI is InChI=1S/C13H15F3O3/c1-9(2)18-5-6-19-11-4-3-10(8-17)12(7-11)13(14,15)16/h3-4,7-9H,5-6H2,1-2H3. The Bertz CT molecular complexity index is 428. The predicted octanol–water partition coefficient (Wildman–Crippen LogP) is 3.32. The van der Waals surface area contributed by atoms with Crippen molar-refractivity contribution >= 4 is 6.29 Å². The fourth-order valence-electron chi connectivity index (χ4n) is 1.42. The van der Waals surface area contributed by atoms with E-state index >= 15 is 0 Å². The molecular weight excluding hydrogens is 261 g/mol. The van der Waals surface area contributed by atoms with Crippen LogP contribution in [-0.4, -0.2) is 25.6 Å². The van der Waals surface area contributed by atoms with Gasteiger partial charge < -0.3 is 9.47 Å². The maximum atomic E-state index is 12.7. The number of carbonyl (C=O) groups is 1. The number of ether oxygens (including phenoxy) is 2. The molecule has 19 heavy (non-hydrogen) atoms. The lowest BCUT2D eigenvalue weighted by atomic mass is 10.1. The molecule has 1 aromatic rings. The normalized spacial score (nSPS) is 11.7. The molecule has 0 aliphatic rings. The van der Waals surface area contributed by atoms with Gasteiger partial charge in [-0.3, -0.25) is 4.79 Å². The number of aldehydes is 1. The highest BCUT2D eigenvalue weighted by Gasteiger charge is 2.33. The van der Waals surface area contributed by atoms with Crippen molar-refractivity contribution in [2.45, 2.75) is 26.1 Å². The second kappa shape index (κ2) is 6.56. The van der Waals surface area contributed by atoms with Gasteiger partial charge in [0.05, 0.1) is 18.3 Å². The Hall–Kier alpha value is -1.56. The Labute approximate surface area is 109 Å². The van der Waals surface area contributed by atoms with Gasteiger partial charge in [0.2, 0.25) is 0 Å². The zero-order valence-corrected chi connectivity index (χ0v) is 10.7. The first-order valence-electron chi connectivity index (χ1n) is 5.75. The summed E-state index contributed by atoms with van der Waals surface area (Å²) in [6.07, 6.45) is -4.37. The van der Waals surface area contributed by atoms with Crippen LogP contribution in [0.5, 0.6) is 5.75 Å². The van der Waals surface area contributed by atoms with Gasteiger partial charge in [0.25, 0.3) is 0 Å². The molecule has 0 saturated heterocycles. The Morgan fingerprint density at radius 2 is 1.95 bits per heavy atom. The van der Waals surface area contributed by atoms with Crippen LogP contribution < -0.4 is 4.74 Å². The molecule has 0 atom stereocenters. The van der Waals surface area contributed by atoms with Crippen molar-refractivity contribution in [3.05, 3.63) is 29.3 Å². The summed E-state index contributed by atoms with van der Waals surface area (Å²) in [5.41, 5.74) is -1.40. The molecule has 1 rings (SSSR count). The SMILES string of the molecule is CC(C)OCCOc1ccc(C=O)c(C(F)(F)F)c1. The monoisotopic (exact) mass is 276 g/mol. The van der Waals surface area contributed by atoms with Gasteiger partial charge in [0.1, 0.15) is 12.4 Å². The first kappa shape index (κ1) is 15.5. The Balaban J connectivity index is 2.73. The van der Waals surface area contributed by atoms with Crippen LogP contribution in [0.25, 0.3) is 0 Å². The van der Waals surface area contributed by atoms with E-state index in [4.69, 9.17) is 9.47 Å². The molecule has 0 heterocycles. The van der Waals surface area contributed by atoms with Crippen LogP contribution in [0.3, 0.4) is 0 Å². The summed E-state index contributed by atoms with van der Waals surface area (Å²) in [5, 5.41) is 0. The molecule has 0 N–H and O–H groups in total. The summed E-state index contributed by atoms with van der Waals surface area (Å²) in [7, 11) is 0. The number of rotatable bonds is 6. The van der Waals surface area contributed by atoms with E-state index in [9.17, 15) is 18.0 Å². The summed E-state index contributed by atoms with van der Waals surface area (Å²) in [5.74, 6) is 0.0604. The number of carbonyl (C=O) groups excluding carboxylic acids is 1. The Kier molecular flexibility index (Phi) is 5.35. The van der Waals surface area contributed by atoms with Gasteiger partial charge in [-0.15, -0.1) is 0 Å². The molecule has 106 valence electrons. The largest absolute Gasteiger partial charge is 0.491 e. The molecule has 0 aliphatic heterocycles. The van der Waals surface area contributed by atoms with Crippen molar-refractivity contribution in [3.63, 3.8) is 0 Å². The number of benzene rings is 1. The second-order valence-electron chi connectivity index (χ2n) is 4.13. The highest BCUT2D eigenvalue weighted by atomic mass is 19.4. The van der Waals surface area contributed by atoms with Gasteiger partial charge in [-0.1, -0.05) is 0 Å². The lowest BCUT2D eigenvalue weighted by Crippen LogP contribution is -2.13. The van der Waals surface area contributed by atoms with Crippen molar-refractivity contribution in [1.82, 2.24) is 0 Å². The molecule has 0 aliphatic carbocycles. The van der Waals surface area contributed by atoms with E-state index < -0.39 is 17.3 Å².